The molecular formula is C32H43NO8. The van der Waals surface area contributed by atoms with Crippen molar-refractivity contribution in [2.45, 2.75) is 79.9 Å². The molecule has 2 rings (SSSR count). The molecule has 0 spiro atoms. The quantitative estimate of drug-likeness (QED) is 0.269. The molecule has 41 heavy (non-hydrogen) atoms. The van der Waals surface area contributed by atoms with Crippen LogP contribution in [-0.2, 0) is 30.3 Å². The van der Waals surface area contributed by atoms with Gasteiger partial charge in [-0.2, -0.15) is 0 Å². The monoisotopic (exact) mass is 569 g/mol. The van der Waals surface area contributed by atoms with Crippen molar-refractivity contribution in [3.8, 4) is 11.5 Å². The van der Waals surface area contributed by atoms with E-state index < -0.39 is 36.0 Å². The number of hydrogen-bond donors (Lipinski definition) is 1. The number of carbonyl (C=O) groups excluding carboxylic acids is 4. The summed E-state index contributed by atoms with van der Waals surface area (Å²) in [6, 6.07) is 12.7. The van der Waals surface area contributed by atoms with Crippen molar-refractivity contribution < 1.29 is 38.1 Å². The first kappa shape index (κ1) is 33.5. The van der Waals surface area contributed by atoms with Crippen molar-refractivity contribution in [2.24, 2.45) is 10.8 Å². The summed E-state index contributed by atoms with van der Waals surface area (Å²) in [5.41, 5.74) is 0.474. The van der Waals surface area contributed by atoms with Crippen LogP contribution in [0, 0.1) is 10.8 Å². The van der Waals surface area contributed by atoms with Crippen molar-refractivity contribution in [2.75, 3.05) is 13.7 Å². The van der Waals surface area contributed by atoms with E-state index in [1.807, 2.05) is 47.6 Å². The SMILES string of the molecule is COC(=O)[C@H](Cc1ccc(OC(=O)CC(C)(C)C)c(OC(=O)CC(C)(C)C)c1)NCC(C)OC(=O)c1ccccc1. The number of rotatable bonds is 12. The molecule has 2 atom stereocenters. The molecule has 0 amide bonds. The first-order valence-electron chi connectivity index (χ1n) is 13.7. The fraction of sp³-hybridized carbons (Fsp3) is 0.500. The first-order chi connectivity index (χ1) is 19.1. The maximum Gasteiger partial charge on any atom is 0.338 e. The van der Waals surface area contributed by atoms with E-state index in [2.05, 4.69) is 5.32 Å². The minimum Gasteiger partial charge on any atom is -0.468 e. The van der Waals surface area contributed by atoms with Gasteiger partial charge in [-0.05, 0) is 54.0 Å². The van der Waals surface area contributed by atoms with Crippen LogP contribution in [-0.4, -0.2) is 49.7 Å². The molecule has 0 radical (unpaired) electrons. The van der Waals surface area contributed by atoms with E-state index in [1.54, 1.807) is 49.4 Å². The Morgan fingerprint density at radius 3 is 1.90 bits per heavy atom. The summed E-state index contributed by atoms with van der Waals surface area (Å²) in [6.45, 7) is 13.4. The molecule has 0 aromatic heterocycles. The van der Waals surface area contributed by atoms with E-state index in [4.69, 9.17) is 18.9 Å². The lowest BCUT2D eigenvalue weighted by Crippen LogP contribution is -2.43. The Morgan fingerprint density at radius 1 is 0.805 bits per heavy atom. The van der Waals surface area contributed by atoms with Gasteiger partial charge in [-0.3, -0.25) is 14.4 Å². The van der Waals surface area contributed by atoms with Gasteiger partial charge in [0.1, 0.15) is 12.1 Å². The highest BCUT2D eigenvalue weighted by atomic mass is 16.6. The highest BCUT2D eigenvalue weighted by Crippen LogP contribution is 2.32. The summed E-state index contributed by atoms with van der Waals surface area (Å²) in [7, 11) is 1.29. The lowest BCUT2D eigenvalue weighted by molar-refractivity contribution is -0.143. The average Bonchev–Trinajstić information content (AvgIpc) is 2.85. The van der Waals surface area contributed by atoms with Crippen LogP contribution in [0.1, 0.15) is 77.2 Å². The Morgan fingerprint density at radius 2 is 1.37 bits per heavy atom. The molecule has 0 aliphatic carbocycles. The van der Waals surface area contributed by atoms with Crippen LogP contribution >= 0.6 is 0 Å². The minimum atomic E-state index is -0.787. The van der Waals surface area contributed by atoms with Gasteiger partial charge in [-0.15, -0.1) is 0 Å². The smallest absolute Gasteiger partial charge is 0.338 e. The van der Waals surface area contributed by atoms with Crippen molar-refractivity contribution in [1.82, 2.24) is 5.32 Å². The summed E-state index contributed by atoms with van der Waals surface area (Å²) in [5, 5.41) is 3.09. The van der Waals surface area contributed by atoms with E-state index in [0.717, 1.165) is 0 Å². The second-order valence-electron chi connectivity index (χ2n) is 12.5. The van der Waals surface area contributed by atoms with E-state index in [-0.39, 0.29) is 48.1 Å². The molecule has 0 saturated heterocycles. The second kappa shape index (κ2) is 14.8. The fourth-order valence-corrected chi connectivity index (χ4v) is 3.82. The zero-order chi connectivity index (χ0) is 30.8. The van der Waals surface area contributed by atoms with Crippen LogP contribution in [0.4, 0.5) is 0 Å². The molecule has 0 heterocycles. The summed E-state index contributed by atoms with van der Waals surface area (Å²) in [6.07, 6.45) is -0.0378. The molecule has 0 aliphatic rings. The normalized spacial score (nSPS) is 13.1. The van der Waals surface area contributed by atoms with E-state index in [0.29, 0.717) is 11.1 Å². The number of methoxy groups -OCH3 is 1. The van der Waals surface area contributed by atoms with Gasteiger partial charge in [-0.1, -0.05) is 65.8 Å². The summed E-state index contributed by atoms with van der Waals surface area (Å²) < 4.78 is 21.7. The van der Waals surface area contributed by atoms with Crippen LogP contribution in [0.3, 0.4) is 0 Å². The van der Waals surface area contributed by atoms with E-state index >= 15 is 0 Å². The third-order valence-electron chi connectivity index (χ3n) is 5.70. The molecule has 0 fully saturated rings. The fourth-order valence-electron chi connectivity index (χ4n) is 3.82. The Hall–Kier alpha value is -3.72. The Balaban J connectivity index is 2.20. The molecule has 1 unspecified atom stereocenters. The van der Waals surface area contributed by atoms with Gasteiger partial charge < -0.3 is 24.3 Å². The zero-order valence-electron chi connectivity index (χ0n) is 25.4. The summed E-state index contributed by atoms with van der Waals surface area (Å²) >= 11 is 0. The molecule has 9 nitrogen and oxygen atoms in total. The van der Waals surface area contributed by atoms with Gasteiger partial charge in [0.2, 0.25) is 0 Å². The van der Waals surface area contributed by atoms with Crippen molar-refractivity contribution in [3.63, 3.8) is 0 Å². The maximum atomic E-state index is 12.7. The van der Waals surface area contributed by atoms with Crippen LogP contribution in [0.5, 0.6) is 11.5 Å². The predicted molar refractivity (Wildman–Crippen MR) is 155 cm³/mol. The predicted octanol–water partition coefficient (Wildman–Crippen LogP) is 5.29. The maximum absolute atomic E-state index is 12.7. The molecular weight excluding hydrogens is 526 g/mol. The molecule has 0 bridgehead atoms. The van der Waals surface area contributed by atoms with Gasteiger partial charge in [0.25, 0.3) is 0 Å². The molecule has 224 valence electrons. The number of hydrogen-bond acceptors (Lipinski definition) is 9. The third-order valence-corrected chi connectivity index (χ3v) is 5.70. The number of ether oxygens (including phenoxy) is 4. The van der Waals surface area contributed by atoms with Gasteiger partial charge in [0.15, 0.2) is 11.5 Å². The van der Waals surface area contributed by atoms with Crippen LogP contribution < -0.4 is 14.8 Å². The first-order valence-corrected chi connectivity index (χ1v) is 13.7. The zero-order valence-corrected chi connectivity index (χ0v) is 25.4. The van der Waals surface area contributed by atoms with Gasteiger partial charge in [0.05, 0.1) is 25.5 Å². The number of nitrogens with one attached hydrogen (secondary N) is 1. The summed E-state index contributed by atoms with van der Waals surface area (Å²) in [5.74, 6) is -1.69. The molecule has 0 saturated carbocycles. The van der Waals surface area contributed by atoms with Crippen molar-refractivity contribution in [3.05, 3.63) is 59.7 Å². The van der Waals surface area contributed by atoms with Gasteiger partial charge in [-0.25, -0.2) is 4.79 Å². The third kappa shape index (κ3) is 12.6. The number of benzene rings is 2. The molecule has 2 aromatic carbocycles. The Labute approximate surface area is 242 Å². The topological polar surface area (TPSA) is 117 Å². The number of esters is 4. The summed E-state index contributed by atoms with van der Waals surface area (Å²) in [4.78, 5) is 50.1. The highest BCUT2D eigenvalue weighted by Gasteiger charge is 2.25. The average molecular weight is 570 g/mol. The highest BCUT2D eigenvalue weighted by molar-refractivity contribution is 5.89. The number of carbonyl (C=O) groups is 4. The molecule has 1 N–H and O–H groups in total. The molecule has 0 aliphatic heterocycles. The van der Waals surface area contributed by atoms with E-state index in [9.17, 15) is 19.2 Å². The largest absolute Gasteiger partial charge is 0.468 e. The second-order valence-corrected chi connectivity index (χ2v) is 12.5. The molecule has 9 heteroatoms. The van der Waals surface area contributed by atoms with Crippen LogP contribution in [0.15, 0.2) is 48.5 Å². The van der Waals surface area contributed by atoms with Crippen LogP contribution in [0.25, 0.3) is 0 Å². The van der Waals surface area contributed by atoms with Gasteiger partial charge in [0, 0.05) is 6.54 Å². The Bertz CT molecular complexity index is 1190. The van der Waals surface area contributed by atoms with Gasteiger partial charge >= 0.3 is 23.9 Å². The lowest BCUT2D eigenvalue weighted by atomic mass is 9.92. The minimum absolute atomic E-state index is 0.0905. The van der Waals surface area contributed by atoms with E-state index in [1.165, 1.54) is 7.11 Å². The standard InChI is InChI=1S/C32H43NO8/c1-21(39-29(36)23-12-10-9-11-13-23)20-33-24(30(37)38-8)16-22-14-15-25(40-27(34)18-31(2,3)4)26(17-22)41-28(35)19-32(5,6)7/h9-15,17,21,24,33H,16,18-20H2,1-8H3/t21?,24-/m0/s1. The lowest BCUT2D eigenvalue weighted by Gasteiger charge is -2.21. The van der Waals surface area contributed by atoms with Crippen molar-refractivity contribution in [1.29, 1.82) is 0 Å². The molecule has 2 aromatic rings. The van der Waals surface area contributed by atoms with Crippen molar-refractivity contribution >= 4 is 23.9 Å². The Kier molecular flexibility index (Phi) is 12.1. The van der Waals surface area contributed by atoms with Crippen LogP contribution in [0.2, 0.25) is 0 Å².